The molecule has 14 heavy (non-hydrogen) atoms. The predicted molar refractivity (Wildman–Crippen MR) is 62.4 cm³/mol. The molecule has 0 aromatic heterocycles. The van der Waals surface area contributed by atoms with Crippen LogP contribution in [0.15, 0.2) is 36.5 Å². The van der Waals surface area contributed by atoms with E-state index in [9.17, 15) is 0 Å². The highest BCUT2D eigenvalue weighted by molar-refractivity contribution is 5.22. The van der Waals surface area contributed by atoms with Gasteiger partial charge in [0.25, 0.3) is 0 Å². The Bertz CT molecular complexity index is 222. The van der Waals surface area contributed by atoms with E-state index in [0.29, 0.717) is 0 Å². The molecule has 0 amide bonds. The van der Waals surface area contributed by atoms with Crippen LogP contribution in [-0.4, -0.2) is 37.6 Å². The fourth-order valence-electron chi connectivity index (χ4n) is 1.56. The fourth-order valence-corrected chi connectivity index (χ4v) is 1.56. The van der Waals surface area contributed by atoms with Gasteiger partial charge >= 0.3 is 0 Å². The number of nitrogens with zero attached hydrogens (tertiary/aromatic N) is 1. The second-order valence-electron chi connectivity index (χ2n) is 3.48. The summed E-state index contributed by atoms with van der Waals surface area (Å²) in [4.78, 5) is 2.47. The Morgan fingerprint density at radius 3 is 2.71 bits per heavy atom. The van der Waals surface area contributed by atoms with Crippen LogP contribution in [0.1, 0.15) is 6.92 Å². The van der Waals surface area contributed by atoms with Crippen LogP contribution >= 0.6 is 0 Å². The smallest absolute Gasteiger partial charge is 0.0231 e. The van der Waals surface area contributed by atoms with Gasteiger partial charge in [-0.15, -0.1) is 0 Å². The Kier molecular flexibility index (Phi) is 5.27. The van der Waals surface area contributed by atoms with Crippen LogP contribution in [-0.2, 0) is 0 Å². The average Bonchev–Trinajstić information content (AvgIpc) is 2.25. The SMILES string of the molecule is C=C/C=C\C(=C/C)CN1CCNCC1. The van der Waals surface area contributed by atoms with Gasteiger partial charge in [0.15, 0.2) is 0 Å². The zero-order valence-electron chi connectivity index (χ0n) is 9.00. The molecule has 1 heterocycles. The fraction of sp³-hybridized carbons (Fsp3) is 0.500. The molecular weight excluding hydrogens is 172 g/mol. The van der Waals surface area contributed by atoms with Crippen molar-refractivity contribution in [3.63, 3.8) is 0 Å². The lowest BCUT2D eigenvalue weighted by Gasteiger charge is -2.27. The van der Waals surface area contributed by atoms with E-state index in [1.165, 1.54) is 5.57 Å². The summed E-state index contributed by atoms with van der Waals surface area (Å²) in [5, 5.41) is 3.35. The van der Waals surface area contributed by atoms with Crippen molar-refractivity contribution in [2.45, 2.75) is 6.92 Å². The molecule has 0 aromatic carbocycles. The monoisotopic (exact) mass is 192 g/mol. The molecule has 1 aliphatic rings. The van der Waals surface area contributed by atoms with Crippen molar-refractivity contribution >= 4 is 0 Å². The van der Waals surface area contributed by atoms with E-state index < -0.39 is 0 Å². The molecule has 0 atom stereocenters. The number of rotatable bonds is 4. The van der Waals surface area contributed by atoms with Crippen LogP contribution in [0.4, 0.5) is 0 Å². The first-order valence-electron chi connectivity index (χ1n) is 5.24. The van der Waals surface area contributed by atoms with E-state index in [4.69, 9.17) is 0 Å². The number of nitrogens with one attached hydrogen (secondary N) is 1. The summed E-state index contributed by atoms with van der Waals surface area (Å²) in [6.07, 6.45) is 8.12. The first-order valence-corrected chi connectivity index (χ1v) is 5.24. The van der Waals surface area contributed by atoms with Crippen LogP contribution in [0.2, 0.25) is 0 Å². The van der Waals surface area contributed by atoms with Crippen LogP contribution in [0.5, 0.6) is 0 Å². The van der Waals surface area contributed by atoms with Gasteiger partial charge in [0.1, 0.15) is 0 Å². The zero-order valence-corrected chi connectivity index (χ0v) is 9.00. The zero-order chi connectivity index (χ0) is 10.2. The highest BCUT2D eigenvalue weighted by Gasteiger charge is 2.09. The van der Waals surface area contributed by atoms with Crippen LogP contribution < -0.4 is 5.32 Å². The van der Waals surface area contributed by atoms with Crippen molar-refractivity contribution in [2.24, 2.45) is 0 Å². The Hall–Kier alpha value is -0.860. The molecule has 1 N–H and O–H groups in total. The minimum absolute atomic E-state index is 1.06. The van der Waals surface area contributed by atoms with Gasteiger partial charge in [-0.05, 0) is 12.5 Å². The van der Waals surface area contributed by atoms with E-state index >= 15 is 0 Å². The van der Waals surface area contributed by atoms with Crippen LogP contribution in [0.3, 0.4) is 0 Å². The highest BCUT2D eigenvalue weighted by Crippen LogP contribution is 2.02. The minimum atomic E-state index is 1.06. The average molecular weight is 192 g/mol. The van der Waals surface area contributed by atoms with Gasteiger partial charge in [-0.1, -0.05) is 30.9 Å². The van der Waals surface area contributed by atoms with Gasteiger partial charge in [0.2, 0.25) is 0 Å². The predicted octanol–water partition coefficient (Wildman–Crippen LogP) is 1.58. The van der Waals surface area contributed by atoms with Gasteiger partial charge in [-0.2, -0.15) is 0 Å². The molecule has 1 saturated heterocycles. The molecule has 78 valence electrons. The van der Waals surface area contributed by atoms with Crippen molar-refractivity contribution in [3.8, 4) is 0 Å². The van der Waals surface area contributed by atoms with Crippen molar-refractivity contribution in [1.82, 2.24) is 10.2 Å². The van der Waals surface area contributed by atoms with Crippen molar-refractivity contribution in [2.75, 3.05) is 32.7 Å². The third-order valence-electron chi connectivity index (χ3n) is 2.43. The maximum Gasteiger partial charge on any atom is 0.0231 e. The molecule has 1 rings (SSSR count). The largest absolute Gasteiger partial charge is 0.314 e. The molecule has 0 saturated carbocycles. The highest BCUT2D eigenvalue weighted by atomic mass is 15.2. The van der Waals surface area contributed by atoms with E-state index in [1.807, 2.05) is 12.2 Å². The van der Waals surface area contributed by atoms with E-state index in [-0.39, 0.29) is 0 Å². The summed E-state index contributed by atoms with van der Waals surface area (Å²) < 4.78 is 0. The third-order valence-corrected chi connectivity index (χ3v) is 2.43. The second-order valence-corrected chi connectivity index (χ2v) is 3.48. The van der Waals surface area contributed by atoms with Crippen LogP contribution in [0.25, 0.3) is 0 Å². The van der Waals surface area contributed by atoms with E-state index in [1.54, 1.807) is 0 Å². The minimum Gasteiger partial charge on any atom is -0.314 e. The molecule has 1 aliphatic heterocycles. The number of piperazine rings is 1. The maximum atomic E-state index is 3.68. The first-order chi connectivity index (χ1) is 6.86. The van der Waals surface area contributed by atoms with Gasteiger partial charge in [-0.25, -0.2) is 0 Å². The molecule has 0 bridgehead atoms. The summed E-state index contributed by atoms with van der Waals surface area (Å²) in [6, 6.07) is 0. The second kappa shape index (κ2) is 6.57. The van der Waals surface area contributed by atoms with E-state index in [2.05, 4.69) is 35.9 Å². The summed E-state index contributed by atoms with van der Waals surface area (Å²) in [5.74, 6) is 0. The molecule has 0 aromatic rings. The van der Waals surface area contributed by atoms with Gasteiger partial charge in [0.05, 0.1) is 0 Å². The molecule has 2 heteroatoms. The Balaban J connectivity index is 2.39. The molecule has 0 aliphatic carbocycles. The molecule has 2 nitrogen and oxygen atoms in total. The van der Waals surface area contributed by atoms with Gasteiger partial charge in [-0.3, -0.25) is 4.90 Å². The molecule has 1 fully saturated rings. The standard InChI is InChI=1S/C12H20N2/c1-3-5-6-12(4-2)11-14-9-7-13-8-10-14/h3-6,13H,1,7-11H2,2H3/b6-5-,12-4+. The van der Waals surface area contributed by atoms with E-state index in [0.717, 1.165) is 32.7 Å². The summed E-state index contributed by atoms with van der Waals surface area (Å²) in [5.41, 5.74) is 1.37. The summed E-state index contributed by atoms with van der Waals surface area (Å²) >= 11 is 0. The van der Waals surface area contributed by atoms with Crippen molar-refractivity contribution in [1.29, 1.82) is 0 Å². The molecule has 0 unspecified atom stereocenters. The Labute approximate surface area is 87.0 Å². The molecule has 0 spiro atoms. The lowest BCUT2D eigenvalue weighted by atomic mass is 10.2. The quantitative estimate of drug-likeness (QED) is 0.680. The van der Waals surface area contributed by atoms with Gasteiger partial charge < -0.3 is 5.32 Å². The van der Waals surface area contributed by atoms with Crippen LogP contribution in [0, 0.1) is 0 Å². The van der Waals surface area contributed by atoms with Gasteiger partial charge in [0, 0.05) is 32.7 Å². The molecular formula is C12H20N2. The first kappa shape index (κ1) is 11.2. The number of hydrogen-bond acceptors (Lipinski definition) is 2. The molecule has 0 radical (unpaired) electrons. The lowest BCUT2D eigenvalue weighted by molar-refractivity contribution is 0.261. The Morgan fingerprint density at radius 2 is 2.14 bits per heavy atom. The van der Waals surface area contributed by atoms with Crippen molar-refractivity contribution in [3.05, 3.63) is 36.5 Å². The third kappa shape index (κ3) is 3.90. The number of allylic oxidation sites excluding steroid dienone is 3. The maximum absolute atomic E-state index is 3.68. The summed E-state index contributed by atoms with van der Waals surface area (Å²) in [6.45, 7) is 11.4. The Morgan fingerprint density at radius 1 is 1.43 bits per heavy atom. The normalized spacial score (nSPS) is 20.2. The van der Waals surface area contributed by atoms with Crippen molar-refractivity contribution < 1.29 is 0 Å². The lowest BCUT2D eigenvalue weighted by Crippen LogP contribution is -2.44. The topological polar surface area (TPSA) is 15.3 Å². The summed E-state index contributed by atoms with van der Waals surface area (Å²) in [7, 11) is 0. The number of hydrogen-bond donors (Lipinski definition) is 1.